The standard InChI is InChI=1S/C17H23F3N2O3/c1-5-10-25-15(23)13-11-12(21(4)16(24)17(18,19)20)8-9-14(13)22(6-2)7-3/h8-9,11H,5-7,10H2,1-4H3. The number of ether oxygens (including phenoxy) is 1. The van der Waals surface area contributed by atoms with E-state index in [1.165, 1.54) is 18.2 Å². The van der Waals surface area contributed by atoms with Gasteiger partial charge in [0.1, 0.15) is 0 Å². The van der Waals surface area contributed by atoms with Crippen LogP contribution in [0.25, 0.3) is 0 Å². The molecule has 25 heavy (non-hydrogen) atoms. The van der Waals surface area contributed by atoms with Gasteiger partial charge in [-0.3, -0.25) is 4.79 Å². The highest BCUT2D eigenvalue weighted by atomic mass is 19.4. The first-order valence-electron chi connectivity index (χ1n) is 8.08. The van der Waals surface area contributed by atoms with Crippen LogP contribution in [0.4, 0.5) is 24.5 Å². The van der Waals surface area contributed by atoms with Gasteiger partial charge in [0.2, 0.25) is 0 Å². The van der Waals surface area contributed by atoms with Crippen molar-refractivity contribution in [1.29, 1.82) is 0 Å². The minimum Gasteiger partial charge on any atom is -0.462 e. The molecule has 0 aromatic heterocycles. The first-order valence-corrected chi connectivity index (χ1v) is 8.08. The average Bonchev–Trinajstić information content (AvgIpc) is 2.58. The minimum absolute atomic E-state index is 0.0262. The molecule has 0 aliphatic carbocycles. The van der Waals surface area contributed by atoms with Crippen LogP contribution < -0.4 is 9.80 Å². The van der Waals surface area contributed by atoms with Crippen molar-refractivity contribution in [2.24, 2.45) is 0 Å². The molecule has 140 valence electrons. The summed E-state index contributed by atoms with van der Waals surface area (Å²) in [5.41, 5.74) is 0.667. The van der Waals surface area contributed by atoms with Gasteiger partial charge in [-0.05, 0) is 38.5 Å². The fourth-order valence-electron chi connectivity index (χ4n) is 2.32. The summed E-state index contributed by atoms with van der Waals surface area (Å²) in [6, 6.07) is 4.17. The highest BCUT2D eigenvalue weighted by Gasteiger charge is 2.41. The zero-order chi connectivity index (χ0) is 19.2. The van der Waals surface area contributed by atoms with Gasteiger partial charge in [0.25, 0.3) is 0 Å². The Morgan fingerprint density at radius 1 is 1.12 bits per heavy atom. The summed E-state index contributed by atoms with van der Waals surface area (Å²) in [5.74, 6) is -2.63. The third kappa shape index (κ3) is 5.11. The van der Waals surface area contributed by atoms with Gasteiger partial charge < -0.3 is 14.5 Å². The van der Waals surface area contributed by atoms with Gasteiger partial charge in [0, 0.05) is 25.8 Å². The molecular weight excluding hydrogens is 337 g/mol. The van der Waals surface area contributed by atoms with Crippen molar-refractivity contribution in [3.05, 3.63) is 23.8 Å². The van der Waals surface area contributed by atoms with Crippen molar-refractivity contribution >= 4 is 23.3 Å². The number of anilines is 2. The molecule has 1 amide bonds. The van der Waals surface area contributed by atoms with Gasteiger partial charge in [0.15, 0.2) is 0 Å². The lowest BCUT2D eigenvalue weighted by atomic mass is 10.1. The van der Waals surface area contributed by atoms with E-state index in [2.05, 4.69) is 0 Å². The van der Waals surface area contributed by atoms with E-state index in [0.717, 1.165) is 7.05 Å². The van der Waals surface area contributed by atoms with E-state index >= 15 is 0 Å². The van der Waals surface area contributed by atoms with E-state index in [-0.39, 0.29) is 17.9 Å². The number of benzene rings is 1. The Morgan fingerprint density at radius 3 is 2.20 bits per heavy atom. The van der Waals surface area contributed by atoms with E-state index in [0.29, 0.717) is 30.1 Å². The van der Waals surface area contributed by atoms with Gasteiger partial charge >= 0.3 is 18.1 Å². The molecule has 0 heterocycles. The fraction of sp³-hybridized carbons (Fsp3) is 0.529. The maximum atomic E-state index is 12.6. The Bertz CT molecular complexity index is 614. The molecule has 0 unspecified atom stereocenters. The molecule has 1 aromatic rings. The van der Waals surface area contributed by atoms with Crippen LogP contribution in [0.5, 0.6) is 0 Å². The van der Waals surface area contributed by atoms with E-state index < -0.39 is 18.1 Å². The summed E-state index contributed by atoms with van der Waals surface area (Å²) in [5, 5.41) is 0. The summed E-state index contributed by atoms with van der Waals surface area (Å²) in [4.78, 5) is 26.1. The summed E-state index contributed by atoms with van der Waals surface area (Å²) >= 11 is 0. The van der Waals surface area contributed by atoms with Gasteiger partial charge in [0.05, 0.1) is 17.9 Å². The van der Waals surface area contributed by atoms with Crippen LogP contribution in [-0.2, 0) is 9.53 Å². The molecule has 0 N–H and O–H groups in total. The molecule has 0 aliphatic heterocycles. The highest BCUT2D eigenvalue weighted by Crippen LogP contribution is 2.29. The Labute approximate surface area is 145 Å². The smallest absolute Gasteiger partial charge is 0.462 e. The summed E-state index contributed by atoms with van der Waals surface area (Å²) in [6.45, 7) is 7.07. The number of amides is 1. The zero-order valence-electron chi connectivity index (χ0n) is 14.8. The van der Waals surface area contributed by atoms with Gasteiger partial charge in [-0.1, -0.05) is 6.92 Å². The van der Waals surface area contributed by atoms with Crippen LogP contribution in [-0.4, -0.2) is 44.8 Å². The maximum Gasteiger partial charge on any atom is 0.471 e. The number of halogens is 3. The quantitative estimate of drug-likeness (QED) is 0.697. The zero-order valence-corrected chi connectivity index (χ0v) is 14.8. The average molecular weight is 360 g/mol. The monoisotopic (exact) mass is 360 g/mol. The molecule has 8 heteroatoms. The molecule has 1 rings (SSSR count). The molecule has 0 atom stereocenters. The fourth-order valence-corrected chi connectivity index (χ4v) is 2.32. The maximum absolute atomic E-state index is 12.6. The van der Waals surface area contributed by atoms with Crippen molar-refractivity contribution in [2.75, 3.05) is 36.5 Å². The summed E-state index contributed by atoms with van der Waals surface area (Å²) in [6.07, 6.45) is -4.37. The minimum atomic E-state index is -4.99. The Hall–Kier alpha value is -2.25. The van der Waals surface area contributed by atoms with Crippen LogP contribution in [0.15, 0.2) is 18.2 Å². The largest absolute Gasteiger partial charge is 0.471 e. The molecule has 0 saturated heterocycles. The van der Waals surface area contributed by atoms with Crippen LogP contribution in [0, 0.1) is 0 Å². The first kappa shape index (κ1) is 20.8. The number of hydrogen-bond donors (Lipinski definition) is 0. The lowest BCUT2D eigenvalue weighted by Crippen LogP contribution is -2.38. The van der Waals surface area contributed by atoms with Crippen molar-refractivity contribution in [3.8, 4) is 0 Å². The molecule has 0 bridgehead atoms. The van der Waals surface area contributed by atoms with E-state index in [1.807, 2.05) is 25.7 Å². The molecule has 0 spiro atoms. The molecule has 5 nitrogen and oxygen atoms in total. The van der Waals surface area contributed by atoms with E-state index in [4.69, 9.17) is 4.74 Å². The third-order valence-corrected chi connectivity index (χ3v) is 3.68. The molecule has 0 aliphatic rings. The SMILES string of the molecule is CCCOC(=O)c1cc(N(C)C(=O)C(F)(F)F)ccc1N(CC)CC. The second kappa shape index (κ2) is 8.73. The van der Waals surface area contributed by atoms with Crippen LogP contribution >= 0.6 is 0 Å². The lowest BCUT2D eigenvalue weighted by molar-refractivity contribution is -0.170. The molecule has 0 fully saturated rings. The number of carbonyl (C=O) groups excluding carboxylic acids is 2. The number of rotatable bonds is 7. The van der Waals surface area contributed by atoms with Crippen molar-refractivity contribution in [2.45, 2.75) is 33.4 Å². The summed E-state index contributed by atoms with van der Waals surface area (Å²) in [7, 11) is 1.02. The normalized spacial score (nSPS) is 11.2. The van der Waals surface area contributed by atoms with Gasteiger partial charge in [-0.2, -0.15) is 13.2 Å². The molecule has 1 aromatic carbocycles. The Balaban J connectivity index is 3.32. The highest BCUT2D eigenvalue weighted by molar-refractivity contribution is 6.01. The number of nitrogens with zero attached hydrogens (tertiary/aromatic N) is 2. The molecular formula is C17H23F3N2O3. The second-order valence-corrected chi connectivity index (χ2v) is 5.37. The first-order chi connectivity index (χ1) is 11.7. The topological polar surface area (TPSA) is 49.9 Å². The number of hydrogen-bond acceptors (Lipinski definition) is 4. The predicted molar refractivity (Wildman–Crippen MR) is 90.0 cm³/mol. The summed E-state index contributed by atoms with van der Waals surface area (Å²) < 4.78 is 43.0. The van der Waals surface area contributed by atoms with Crippen molar-refractivity contribution in [1.82, 2.24) is 0 Å². The second-order valence-electron chi connectivity index (χ2n) is 5.37. The lowest BCUT2D eigenvalue weighted by Gasteiger charge is -2.25. The predicted octanol–water partition coefficient (Wildman–Crippen LogP) is 3.62. The van der Waals surface area contributed by atoms with E-state index in [1.54, 1.807) is 0 Å². The van der Waals surface area contributed by atoms with Crippen molar-refractivity contribution < 1.29 is 27.5 Å². The molecule has 0 saturated carbocycles. The number of esters is 1. The Kier molecular flexibility index (Phi) is 7.26. The van der Waals surface area contributed by atoms with Gasteiger partial charge in [-0.15, -0.1) is 0 Å². The Morgan fingerprint density at radius 2 is 1.72 bits per heavy atom. The number of alkyl halides is 3. The van der Waals surface area contributed by atoms with Gasteiger partial charge in [-0.25, -0.2) is 4.79 Å². The van der Waals surface area contributed by atoms with Crippen LogP contribution in [0.1, 0.15) is 37.6 Å². The third-order valence-electron chi connectivity index (χ3n) is 3.68. The van der Waals surface area contributed by atoms with Crippen LogP contribution in [0.3, 0.4) is 0 Å². The van der Waals surface area contributed by atoms with Crippen LogP contribution in [0.2, 0.25) is 0 Å². The number of carbonyl (C=O) groups is 2. The van der Waals surface area contributed by atoms with E-state index in [9.17, 15) is 22.8 Å². The molecule has 0 radical (unpaired) electrons. The van der Waals surface area contributed by atoms with Crippen molar-refractivity contribution in [3.63, 3.8) is 0 Å².